The molecule has 0 bridgehead atoms. The predicted octanol–water partition coefficient (Wildman–Crippen LogP) is 6.72. The summed E-state index contributed by atoms with van der Waals surface area (Å²) in [5, 5.41) is 15.2. The van der Waals surface area contributed by atoms with Gasteiger partial charge in [-0.2, -0.15) is 13.2 Å². The number of nitrogens with zero attached hydrogens (tertiary/aromatic N) is 3. The lowest BCUT2D eigenvalue weighted by Gasteiger charge is -2.07. The number of hydrogen-bond acceptors (Lipinski definition) is 7. The number of amides is 1. The zero-order valence-electron chi connectivity index (χ0n) is 16.8. The fraction of sp³-hybridized carbons (Fsp3) is 0.143. The van der Waals surface area contributed by atoms with Crippen LogP contribution in [0.4, 0.5) is 18.3 Å². The Labute approximate surface area is 199 Å². The van der Waals surface area contributed by atoms with Gasteiger partial charge in [-0.25, -0.2) is 0 Å². The highest BCUT2D eigenvalue weighted by molar-refractivity contribution is 8.00. The SMILES string of the molecule is Cc1onc(-c2ccccc2Cl)c1C(=O)Nc1nnc(SCc2cccc(C(F)(F)F)c2)s1. The summed E-state index contributed by atoms with van der Waals surface area (Å²) in [6.07, 6.45) is -4.40. The second-order valence-corrected chi connectivity index (χ2v) is 9.36. The number of alkyl halides is 3. The van der Waals surface area contributed by atoms with Crippen molar-refractivity contribution in [1.29, 1.82) is 0 Å². The summed E-state index contributed by atoms with van der Waals surface area (Å²) in [4.78, 5) is 12.9. The van der Waals surface area contributed by atoms with Crippen LogP contribution in [0.1, 0.15) is 27.2 Å². The van der Waals surface area contributed by atoms with E-state index in [1.165, 1.54) is 17.8 Å². The largest absolute Gasteiger partial charge is 0.416 e. The summed E-state index contributed by atoms with van der Waals surface area (Å²) < 4.78 is 44.3. The van der Waals surface area contributed by atoms with Gasteiger partial charge in [0.2, 0.25) is 5.13 Å². The molecule has 1 amide bonds. The van der Waals surface area contributed by atoms with Crippen molar-refractivity contribution in [3.8, 4) is 11.3 Å². The van der Waals surface area contributed by atoms with Gasteiger partial charge in [-0.15, -0.1) is 10.2 Å². The molecule has 0 saturated heterocycles. The molecule has 1 N–H and O–H groups in total. The number of aryl methyl sites for hydroxylation is 1. The number of carbonyl (C=O) groups is 1. The second-order valence-electron chi connectivity index (χ2n) is 6.76. The van der Waals surface area contributed by atoms with Crippen molar-refractivity contribution in [2.75, 3.05) is 5.32 Å². The third kappa shape index (κ3) is 5.37. The monoisotopic (exact) mass is 510 g/mol. The second kappa shape index (κ2) is 9.54. The van der Waals surface area contributed by atoms with Crippen LogP contribution in [0.2, 0.25) is 5.02 Å². The number of rotatable bonds is 6. The Morgan fingerprint density at radius 2 is 1.97 bits per heavy atom. The zero-order valence-corrected chi connectivity index (χ0v) is 19.2. The average Bonchev–Trinajstić information content (AvgIpc) is 3.38. The summed E-state index contributed by atoms with van der Waals surface area (Å²) in [6.45, 7) is 1.61. The molecular formula is C21H14ClF3N4O2S2. The minimum absolute atomic E-state index is 0.219. The molecule has 170 valence electrons. The summed E-state index contributed by atoms with van der Waals surface area (Å²) in [5.74, 6) is 0.0915. The third-order valence-corrected chi connectivity index (χ3v) is 6.84. The maximum atomic E-state index is 12.9. The van der Waals surface area contributed by atoms with Gasteiger partial charge >= 0.3 is 6.18 Å². The van der Waals surface area contributed by atoms with Gasteiger partial charge in [0.1, 0.15) is 17.0 Å². The third-order valence-electron chi connectivity index (χ3n) is 4.46. The Kier molecular flexibility index (Phi) is 6.73. The van der Waals surface area contributed by atoms with Gasteiger partial charge in [-0.3, -0.25) is 10.1 Å². The number of aromatic nitrogens is 3. The van der Waals surface area contributed by atoms with Crippen molar-refractivity contribution in [3.63, 3.8) is 0 Å². The van der Waals surface area contributed by atoms with Crippen molar-refractivity contribution in [3.05, 3.63) is 76.0 Å². The number of halogens is 4. The molecule has 2 aromatic carbocycles. The molecule has 0 saturated carbocycles. The number of hydrogen-bond donors (Lipinski definition) is 1. The predicted molar refractivity (Wildman–Crippen MR) is 121 cm³/mol. The number of carbonyl (C=O) groups excluding carboxylic acids is 1. The normalized spacial score (nSPS) is 11.5. The topological polar surface area (TPSA) is 80.9 Å². The molecule has 6 nitrogen and oxygen atoms in total. The highest BCUT2D eigenvalue weighted by Crippen LogP contribution is 2.34. The van der Waals surface area contributed by atoms with Crippen LogP contribution < -0.4 is 5.32 Å². The van der Waals surface area contributed by atoms with E-state index in [0.29, 0.717) is 31.9 Å². The van der Waals surface area contributed by atoms with E-state index in [9.17, 15) is 18.0 Å². The highest BCUT2D eigenvalue weighted by Gasteiger charge is 2.30. The van der Waals surface area contributed by atoms with E-state index in [-0.39, 0.29) is 16.4 Å². The van der Waals surface area contributed by atoms with Gasteiger partial charge in [-0.05, 0) is 24.6 Å². The molecule has 4 aromatic rings. The molecule has 2 heterocycles. The number of benzene rings is 2. The Balaban J connectivity index is 1.45. The van der Waals surface area contributed by atoms with E-state index in [0.717, 1.165) is 23.5 Å². The van der Waals surface area contributed by atoms with Crippen LogP contribution in [-0.2, 0) is 11.9 Å². The summed E-state index contributed by atoms with van der Waals surface area (Å²) in [5.41, 5.74) is 0.871. The van der Waals surface area contributed by atoms with Crippen molar-refractivity contribution in [2.24, 2.45) is 0 Å². The van der Waals surface area contributed by atoms with Gasteiger partial charge in [0.15, 0.2) is 4.34 Å². The minimum Gasteiger partial charge on any atom is -0.360 e. The van der Waals surface area contributed by atoms with E-state index in [1.54, 1.807) is 37.3 Å². The summed E-state index contributed by atoms with van der Waals surface area (Å²) in [7, 11) is 0. The Bertz CT molecular complexity index is 1310. The summed E-state index contributed by atoms with van der Waals surface area (Å²) >= 11 is 8.56. The van der Waals surface area contributed by atoms with Crippen LogP contribution >= 0.6 is 34.7 Å². The van der Waals surface area contributed by atoms with Gasteiger partial charge in [0.05, 0.1) is 10.6 Å². The van der Waals surface area contributed by atoms with E-state index in [2.05, 4.69) is 20.7 Å². The zero-order chi connectivity index (χ0) is 23.6. The molecule has 0 radical (unpaired) electrons. The molecule has 12 heteroatoms. The standard InChI is InChI=1S/C21H14ClF3N4O2S2/c1-11-16(17(29-31-11)14-7-2-3-8-15(14)22)18(30)26-19-27-28-20(33-19)32-10-12-5-4-6-13(9-12)21(23,24)25/h2-9H,10H2,1H3,(H,26,27,30). The smallest absolute Gasteiger partial charge is 0.360 e. The van der Waals surface area contributed by atoms with Gasteiger partial charge in [-0.1, -0.05) is 76.3 Å². The molecule has 0 aliphatic rings. The fourth-order valence-corrected chi connectivity index (χ4v) is 4.85. The van der Waals surface area contributed by atoms with Crippen LogP contribution in [0, 0.1) is 6.92 Å². The maximum Gasteiger partial charge on any atom is 0.416 e. The van der Waals surface area contributed by atoms with Crippen molar-refractivity contribution < 1.29 is 22.5 Å². The van der Waals surface area contributed by atoms with E-state index < -0.39 is 17.6 Å². The first-order valence-electron chi connectivity index (χ1n) is 9.37. The van der Waals surface area contributed by atoms with E-state index in [4.69, 9.17) is 16.1 Å². The van der Waals surface area contributed by atoms with Gasteiger partial charge < -0.3 is 4.52 Å². The van der Waals surface area contributed by atoms with Gasteiger partial charge in [0.25, 0.3) is 5.91 Å². The summed E-state index contributed by atoms with van der Waals surface area (Å²) in [6, 6.07) is 12.0. The number of nitrogens with one attached hydrogen (secondary N) is 1. The maximum absolute atomic E-state index is 12.9. The molecule has 0 unspecified atom stereocenters. The van der Waals surface area contributed by atoms with Crippen molar-refractivity contribution in [1.82, 2.24) is 15.4 Å². The Morgan fingerprint density at radius 3 is 2.73 bits per heavy atom. The molecule has 0 atom stereocenters. The molecular weight excluding hydrogens is 497 g/mol. The van der Waals surface area contributed by atoms with E-state index in [1.807, 2.05) is 0 Å². The first-order chi connectivity index (χ1) is 15.7. The lowest BCUT2D eigenvalue weighted by molar-refractivity contribution is -0.137. The van der Waals surface area contributed by atoms with Crippen LogP contribution in [0.5, 0.6) is 0 Å². The lowest BCUT2D eigenvalue weighted by Crippen LogP contribution is -2.13. The van der Waals surface area contributed by atoms with Crippen LogP contribution in [-0.4, -0.2) is 21.3 Å². The number of anilines is 1. The van der Waals surface area contributed by atoms with Gasteiger partial charge in [0, 0.05) is 11.3 Å². The lowest BCUT2D eigenvalue weighted by atomic mass is 10.1. The first-order valence-corrected chi connectivity index (χ1v) is 11.6. The molecule has 0 aliphatic carbocycles. The van der Waals surface area contributed by atoms with Crippen molar-refractivity contribution in [2.45, 2.75) is 23.2 Å². The molecule has 0 aliphatic heterocycles. The molecule has 0 fully saturated rings. The average molecular weight is 511 g/mol. The molecule has 0 spiro atoms. The highest BCUT2D eigenvalue weighted by atomic mass is 35.5. The quantitative estimate of drug-likeness (QED) is 0.229. The Hall–Kier alpha value is -2.89. The van der Waals surface area contributed by atoms with Crippen LogP contribution in [0.25, 0.3) is 11.3 Å². The molecule has 4 rings (SSSR count). The Morgan fingerprint density at radius 1 is 1.18 bits per heavy atom. The van der Waals surface area contributed by atoms with Crippen molar-refractivity contribution >= 4 is 45.7 Å². The molecule has 2 aromatic heterocycles. The molecule has 33 heavy (non-hydrogen) atoms. The van der Waals surface area contributed by atoms with Crippen LogP contribution in [0.3, 0.4) is 0 Å². The first kappa shape index (κ1) is 23.3. The fourth-order valence-electron chi connectivity index (χ4n) is 2.94. The van der Waals surface area contributed by atoms with E-state index >= 15 is 0 Å². The van der Waals surface area contributed by atoms with Crippen LogP contribution in [0.15, 0.2) is 57.4 Å². The number of thioether (sulfide) groups is 1. The minimum atomic E-state index is -4.40.